The molecule has 0 radical (unpaired) electrons. The quantitative estimate of drug-likeness (QED) is 0.223. The number of carbonyl (C=O) groups excluding carboxylic acids is 4. The average Bonchev–Trinajstić information content (AvgIpc) is 3.38. The first-order valence-corrected chi connectivity index (χ1v) is 12.5. The number of hydrogen-bond acceptors (Lipinski definition) is 5. The molecule has 1 aromatic heterocycles. The number of fused-ring (bicyclic) bond motifs is 1. The molecule has 9 nitrogen and oxygen atoms in total. The summed E-state index contributed by atoms with van der Waals surface area (Å²) in [5.74, 6) is -2.25. The molecule has 0 aliphatic rings. The van der Waals surface area contributed by atoms with E-state index in [2.05, 4.69) is 20.9 Å². The molecule has 4 rings (SSSR count). The Hall–Kier alpha value is -4.92. The van der Waals surface area contributed by atoms with Gasteiger partial charge in [0, 0.05) is 35.6 Å². The van der Waals surface area contributed by atoms with Gasteiger partial charge in [-0.2, -0.15) is 0 Å². The smallest absolute Gasteiger partial charge is 0.328 e. The maximum atomic E-state index is 13.5. The summed E-state index contributed by atoms with van der Waals surface area (Å²) in [5, 5.41) is 9.06. The molecule has 0 fully saturated rings. The summed E-state index contributed by atoms with van der Waals surface area (Å²) in [6, 6.07) is 23.2. The van der Waals surface area contributed by atoms with Crippen molar-refractivity contribution in [2.24, 2.45) is 0 Å². The highest BCUT2D eigenvalue weighted by Gasteiger charge is 2.30. The van der Waals surface area contributed by atoms with Crippen LogP contribution < -0.4 is 16.0 Å². The second-order valence-electron chi connectivity index (χ2n) is 9.01. The van der Waals surface area contributed by atoms with Gasteiger partial charge in [-0.3, -0.25) is 14.4 Å². The van der Waals surface area contributed by atoms with E-state index in [1.165, 1.54) is 7.11 Å². The van der Waals surface area contributed by atoms with Crippen LogP contribution in [0.3, 0.4) is 0 Å². The standard InChI is InChI=1S/C30H30N4O5/c1-39-30(38)26(17-27(35)32-18-20-10-4-2-5-11-20)34-29(37)25(33-28(36)21-12-6-3-7-13-21)16-22-19-31-24-15-9-8-14-23(22)24/h2-15,19,25-26,31H,16-18H2,1H3,(H,32,35)(H,33,36)(H,34,37)/t25-,26?/m0/s1. The van der Waals surface area contributed by atoms with Gasteiger partial charge in [-0.15, -0.1) is 0 Å². The molecule has 4 aromatic rings. The third-order valence-electron chi connectivity index (χ3n) is 6.28. The Morgan fingerprint density at radius 1 is 0.821 bits per heavy atom. The molecule has 0 saturated heterocycles. The molecule has 2 atom stereocenters. The molecular weight excluding hydrogens is 496 g/mol. The molecule has 3 aromatic carbocycles. The van der Waals surface area contributed by atoms with Gasteiger partial charge in [0.15, 0.2) is 0 Å². The Bertz CT molecular complexity index is 1440. The van der Waals surface area contributed by atoms with E-state index in [0.717, 1.165) is 22.0 Å². The normalized spacial score (nSPS) is 12.2. The highest BCUT2D eigenvalue weighted by atomic mass is 16.5. The van der Waals surface area contributed by atoms with Gasteiger partial charge < -0.3 is 25.7 Å². The third kappa shape index (κ3) is 7.32. The molecule has 0 aliphatic carbocycles. The van der Waals surface area contributed by atoms with Gasteiger partial charge in [0.1, 0.15) is 12.1 Å². The van der Waals surface area contributed by atoms with E-state index in [0.29, 0.717) is 5.56 Å². The molecule has 200 valence electrons. The van der Waals surface area contributed by atoms with Crippen molar-refractivity contribution in [2.75, 3.05) is 7.11 Å². The van der Waals surface area contributed by atoms with Gasteiger partial charge in [0.25, 0.3) is 5.91 Å². The lowest BCUT2D eigenvalue weighted by atomic mass is 10.0. The summed E-state index contributed by atoms with van der Waals surface area (Å²) in [6.45, 7) is 0.276. The van der Waals surface area contributed by atoms with E-state index >= 15 is 0 Å². The number of methoxy groups -OCH3 is 1. The van der Waals surface area contributed by atoms with Crippen LogP contribution in [-0.2, 0) is 32.1 Å². The summed E-state index contributed by atoms with van der Waals surface area (Å²) in [5.41, 5.74) is 2.99. The largest absolute Gasteiger partial charge is 0.467 e. The van der Waals surface area contributed by atoms with Gasteiger partial charge in [-0.05, 0) is 29.3 Å². The molecule has 1 heterocycles. The number of carbonyl (C=O) groups is 4. The van der Waals surface area contributed by atoms with Crippen LogP contribution in [0.5, 0.6) is 0 Å². The number of H-pyrrole nitrogens is 1. The number of hydrogen-bond donors (Lipinski definition) is 4. The van der Waals surface area contributed by atoms with Crippen LogP contribution in [0.1, 0.15) is 27.9 Å². The van der Waals surface area contributed by atoms with Crippen molar-refractivity contribution in [3.8, 4) is 0 Å². The minimum Gasteiger partial charge on any atom is -0.467 e. The Morgan fingerprint density at radius 2 is 1.49 bits per heavy atom. The van der Waals surface area contributed by atoms with E-state index in [9.17, 15) is 19.2 Å². The Morgan fingerprint density at radius 3 is 2.21 bits per heavy atom. The van der Waals surface area contributed by atoms with Gasteiger partial charge in [-0.25, -0.2) is 4.79 Å². The number of aromatic nitrogens is 1. The fourth-order valence-corrected chi connectivity index (χ4v) is 4.22. The summed E-state index contributed by atoms with van der Waals surface area (Å²) < 4.78 is 4.84. The second-order valence-corrected chi connectivity index (χ2v) is 9.01. The van der Waals surface area contributed by atoms with Crippen molar-refractivity contribution < 1.29 is 23.9 Å². The zero-order valence-corrected chi connectivity index (χ0v) is 21.5. The molecule has 4 N–H and O–H groups in total. The van der Waals surface area contributed by atoms with Crippen LogP contribution in [0.25, 0.3) is 10.9 Å². The Labute approximate surface area is 225 Å². The Balaban J connectivity index is 1.50. The molecule has 39 heavy (non-hydrogen) atoms. The summed E-state index contributed by atoms with van der Waals surface area (Å²) in [7, 11) is 1.18. The lowest BCUT2D eigenvalue weighted by Gasteiger charge is -2.22. The van der Waals surface area contributed by atoms with Gasteiger partial charge in [0.2, 0.25) is 11.8 Å². The van der Waals surface area contributed by atoms with Crippen LogP contribution in [0.2, 0.25) is 0 Å². The maximum Gasteiger partial charge on any atom is 0.328 e. The van der Waals surface area contributed by atoms with Gasteiger partial charge >= 0.3 is 5.97 Å². The van der Waals surface area contributed by atoms with Crippen LogP contribution in [0.4, 0.5) is 0 Å². The van der Waals surface area contributed by atoms with Crippen LogP contribution in [0, 0.1) is 0 Å². The van der Waals surface area contributed by atoms with E-state index in [4.69, 9.17) is 4.74 Å². The minimum atomic E-state index is -1.24. The maximum absolute atomic E-state index is 13.5. The molecule has 1 unspecified atom stereocenters. The second kappa shape index (κ2) is 13.0. The van der Waals surface area contributed by atoms with Gasteiger partial charge in [0.05, 0.1) is 13.5 Å². The lowest BCUT2D eigenvalue weighted by Crippen LogP contribution is -2.53. The predicted octanol–water partition coefficient (Wildman–Crippen LogP) is 2.87. The van der Waals surface area contributed by atoms with Crippen molar-refractivity contribution in [1.29, 1.82) is 0 Å². The number of aromatic amines is 1. The van der Waals surface area contributed by atoms with Crippen molar-refractivity contribution in [1.82, 2.24) is 20.9 Å². The van der Waals surface area contributed by atoms with Crippen LogP contribution in [0.15, 0.2) is 91.1 Å². The minimum absolute atomic E-state index is 0.155. The highest BCUT2D eigenvalue weighted by Crippen LogP contribution is 2.19. The van der Waals surface area contributed by atoms with Crippen LogP contribution in [-0.4, -0.2) is 47.9 Å². The van der Waals surface area contributed by atoms with Gasteiger partial charge in [-0.1, -0.05) is 66.7 Å². The topological polar surface area (TPSA) is 129 Å². The van der Waals surface area contributed by atoms with Crippen LogP contribution >= 0.6 is 0 Å². The molecule has 0 bridgehead atoms. The first-order valence-electron chi connectivity index (χ1n) is 12.5. The fourth-order valence-electron chi connectivity index (χ4n) is 4.22. The number of ether oxygens (including phenoxy) is 1. The van der Waals surface area contributed by atoms with E-state index < -0.39 is 35.8 Å². The summed E-state index contributed by atoms with van der Waals surface area (Å²) >= 11 is 0. The van der Waals surface area contributed by atoms with E-state index in [1.54, 1.807) is 36.5 Å². The first-order chi connectivity index (χ1) is 18.9. The summed E-state index contributed by atoms with van der Waals surface area (Å²) in [4.78, 5) is 54.8. The predicted molar refractivity (Wildman–Crippen MR) is 147 cm³/mol. The molecule has 0 spiro atoms. The zero-order chi connectivity index (χ0) is 27.6. The number of esters is 1. The molecule has 0 saturated carbocycles. The molecule has 9 heteroatoms. The third-order valence-corrected chi connectivity index (χ3v) is 6.28. The zero-order valence-electron chi connectivity index (χ0n) is 21.5. The fraction of sp³-hybridized carbons (Fsp3) is 0.200. The lowest BCUT2D eigenvalue weighted by molar-refractivity contribution is -0.146. The molecule has 3 amide bonds. The first kappa shape index (κ1) is 27.1. The molecule has 0 aliphatic heterocycles. The number of benzene rings is 3. The van der Waals surface area contributed by atoms with E-state index in [1.807, 2.05) is 54.6 Å². The van der Waals surface area contributed by atoms with Crippen molar-refractivity contribution in [2.45, 2.75) is 31.5 Å². The number of amides is 3. The number of nitrogens with one attached hydrogen (secondary N) is 4. The van der Waals surface area contributed by atoms with E-state index in [-0.39, 0.29) is 19.4 Å². The summed E-state index contributed by atoms with van der Waals surface area (Å²) in [6.07, 6.45) is 1.62. The number of para-hydroxylation sites is 1. The SMILES string of the molecule is COC(=O)C(CC(=O)NCc1ccccc1)NC(=O)[C@H](Cc1c[nH]c2ccccc12)NC(=O)c1ccccc1. The van der Waals surface area contributed by atoms with Crippen molar-refractivity contribution in [3.05, 3.63) is 108 Å². The molecular formula is C30H30N4O5. The Kier molecular flexibility index (Phi) is 9.07. The average molecular weight is 527 g/mol. The van der Waals surface area contributed by atoms with Crippen molar-refractivity contribution in [3.63, 3.8) is 0 Å². The monoisotopic (exact) mass is 526 g/mol. The number of rotatable bonds is 11. The van der Waals surface area contributed by atoms with Crippen molar-refractivity contribution >= 4 is 34.6 Å². The highest BCUT2D eigenvalue weighted by molar-refractivity contribution is 5.99.